The lowest BCUT2D eigenvalue weighted by Crippen LogP contribution is -2.28. The van der Waals surface area contributed by atoms with Crippen molar-refractivity contribution in [2.45, 2.75) is 45.3 Å². The molecule has 1 aliphatic rings. The number of nitrogens with one attached hydrogen (secondary N) is 2. The van der Waals surface area contributed by atoms with E-state index in [1.54, 1.807) is 0 Å². The fourth-order valence-electron chi connectivity index (χ4n) is 1.19. The quantitative estimate of drug-likeness (QED) is 0.568. The van der Waals surface area contributed by atoms with Gasteiger partial charge >= 0.3 is 0 Å². The Morgan fingerprint density at radius 3 is 2.50 bits per heavy atom. The van der Waals surface area contributed by atoms with E-state index in [0.717, 1.165) is 18.6 Å². The van der Waals surface area contributed by atoms with Crippen molar-refractivity contribution >= 4 is 0 Å². The molecule has 0 spiro atoms. The van der Waals surface area contributed by atoms with Crippen LogP contribution in [0.4, 0.5) is 0 Å². The first kappa shape index (κ1) is 8.02. The zero-order valence-electron chi connectivity index (χ0n) is 7.15. The van der Waals surface area contributed by atoms with Crippen LogP contribution >= 0.6 is 0 Å². The third-order valence-electron chi connectivity index (χ3n) is 1.99. The fourth-order valence-corrected chi connectivity index (χ4v) is 1.19. The van der Waals surface area contributed by atoms with Gasteiger partial charge in [0.05, 0.1) is 0 Å². The maximum atomic E-state index is 3.41. The van der Waals surface area contributed by atoms with E-state index in [1.807, 2.05) is 0 Å². The molecule has 2 heteroatoms. The van der Waals surface area contributed by atoms with Crippen LogP contribution in [0.15, 0.2) is 0 Å². The molecule has 1 rings (SSSR count). The molecule has 1 heterocycles. The van der Waals surface area contributed by atoms with Crippen LogP contribution in [0.5, 0.6) is 0 Å². The molecule has 1 saturated heterocycles. The SMILES string of the molecule is CCC1NC1CNC(C)C. The van der Waals surface area contributed by atoms with Gasteiger partial charge in [0.15, 0.2) is 0 Å². The second kappa shape index (κ2) is 3.35. The largest absolute Gasteiger partial charge is 0.313 e. The van der Waals surface area contributed by atoms with Gasteiger partial charge in [-0.15, -0.1) is 0 Å². The van der Waals surface area contributed by atoms with Crippen molar-refractivity contribution in [3.8, 4) is 0 Å². The summed E-state index contributed by atoms with van der Waals surface area (Å²) < 4.78 is 0. The van der Waals surface area contributed by atoms with Crippen molar-refractivity contribution in [3.05, 3.63) is 0 Å². The zero-order valence-corrected chi connectivity index (χ0v) is 7.15. The Balaban J connectivity index is 1.96. The number of rotatable bonds is 4. The summed E-state index contributed by atoms with van der Waals surface area (Å²) in [4.78, 5) is 0. The highest BCUT2D eigenvalue weighted by molar-refractivity contribution is 4.98. The second-order valence-electron chi connectivity index (χ2n) is 3.35. The second-order valence-corrected chi connectivity index (χ2v) is 3.35. The lowest BCUT2D eigenvalue weighted by Gasteiger charge is -2.05. The van der Waals surface area contributed by atoms with Crippen LogP contribution in [0.2, 0.25) is 0 Å². The van der Waals surface area contributed by atoms with Crippen LogP contribution < -0.4 is 10.6 Å². The predicted molar refractivity (Wildman–Crippen MR) is 44.1 cm³/mol. The highest BCUT2D eigenvalue weighted by atomic mass is 15.2. The topological polar surface area (TPSA) is 34.0 Å². The maximum absolute atomic E-state index is 3.41. The van der Waals surface area contributed by atoms with E-state index < -0.39 is 0 Å². The molecule has 0 aromatic carbocycles. The molecule has 0 saturated carbocycles. The minimum absolute atomic E-state index is 0.625. The molecule has 0 amide bonds. The lowest BCUT2D eigenvalue weighted by atomic mass is 10.2. The van der Waals surface area contributed by atoms with Gasteiger partial charge in [0.25, 0.3) is 0 Å². The van der Waals surface area contributed by atoms with E-state index in [0.29, 0.717) is 6.04 Å². The van der Waals surface area contributed by atoms with E-state index in [-0.39, 0.29) is 0 Å². The molecule has 1 fully saturated rings. The Bertz CT molecular complexity index is 101. The van der Waals surface area contributed by atoms with E-state index in [9.17, 15) is 0 Å². The van der Waals surface area contributed by atoms with Crippen molar-refractivity contribution in [3.63, 3.8) is 0 Å². The van der Waals surface area contributed by atoms with Crippen LogP contribution in [-0.4, -0.2) is 24.7 Å². The Hall–Kier alpha value is -0.0800. The van der Waals surface area contributed by atoms with Gasteiger partial charge in [0, 0.05) is 24.7 Å². The first-order valence-corrected chi connectivity index (χ1v) is 4.23. The molecule has 0 radical (unpaired) electrons. The van der Waals surface area contributed by atoms with Gasteiger partial charge in [-0.1, -0.05) is 20.8 Å². The Morgan fingerprint density at radius 2 is 2.10 bits per heavy atom. The molecule has 60 valence electrons. The van der Waals surface area contributed by atoms with Crippen LogP contribution in [0, 0.1) is 0 Å². The summed E-state index contributed by atoms with van der Waals surface area (Å²) in [5.41, 5.74) is 0. The average Bonchev–Trinajstić information content (AvgIpc) is 2.61. The maximum Gasteiger partial charge on any atom is 0.0349 e. The molecule has 2 atom stereocenters. The summed E-state index contributed by atoms with van der Waals surface area (Å²) in [5.74, 6) is 0. The molecule has 2 nitrogen and oxygen atoms in total. The highest BCUT2D eigenvalue weighted by Gasteiger charge is 2.33. The van der Waals surface area contributed by atoms with E-state index in [2.05, 4.69) is 31.4 Å². The van der Waals surface area contributed by atoms with Crippen LogP contribution in [0.3, 0.4) is 0 Å². The van der Waals surface area contributed by atoms with Crippen LogP contribution in [-0.2, 0) is 0 Å². The number of hydrogen-bond donors (Lipinski definition) is 2. The standard InChI is InChI=1S/C8H18N2/c1-4-7-8(10-7)5-9-6(2)3/h6-10H,4-5H2,1-3H3. The molecule has 2 N–H and O–H groups in total. The van der Waals surface area contributed by atoms with Gasteiger partial charge in [-0.3, -0.25) is 0 Å². The summed E-state index contributed by atoms with van der Waals surface area (Å²) in [6, 6.07) is 2.18. The first-order valence-electron chi connectivity index (χ1n) is 4.23. The Kier molecular flexibility index (Phi) is 2.69. The van der Waals surface area contributed by atoms with Crippen molar-refractivity contribution in [1.82, 2.24) is 10.6 Å². The molecule has 0 aromatic rings. The molecular weight excluding hydrogens is 124 g/mol. The van der Waals surface area contributed by atoms with Gasteiger partial charge in [-0.2, -0.15) is 0 Å². The van der Waals surface area contributed by atoms with Gasteiger partial charge in [0.1, 0.15) is 0 Å². The normalized spacial score (nSPS) is 31.2. The molecular formula is C8H18N2. The van der Waals surface area contributed by atoms with E-state index in [1.165, 1.54) is 6.42 Å². The van der Waals surface area contributed by atoms with Gasteiger partial charge in [0.2, 0.25) is 0 Å². The van der Waals surface area contributed by atoms with Gasteiger partial charge in [-0.05, 0) is 6.42 Å². The molecule has 2 unspecified atom stereocenters. The van der Waals surface area contributed by atoms with E-state index in [4.69, 9.17) is 0 Å². The summed E-state index contributed by atoms with van der Waals surface area (Å²) >= 11 is 0. The summed E-state index contributed by atoms with van der Waals surface area (Å²) in [6.07, 6.45) is 1.27. The van der Waals surface area contributed by atoms with Crippen LogP contribution in [0.1, 0.15) is 27.2 Å². The molecule has 0 bridgehead atoms. The third-order valence-corrected chi connectivity index (χ3v) is 1.99. The Morgan fingerprint density at radius 1 is 1.40 bits per heavy atom. The molecule has 10 heavy (non-hydrogen) atoms. The monoisotopic (exact) mass is 142 g/mol. The van der Waals surface area contributed by atoms with Crippen molar-refractivity contribution in [1.29, 1.82) is 0 Å². The lowest BCUT2D eigenvalue weighted by molar-refractivity contribution is 0.580. The number of hydrogen-bond acceptors (Lipinski definition) is 2. The van der Waals surface area contributed by atoms with Crippen molar-refractivity contribution in [2.75, 3.05) is 6.54 Å². The van der Waals surface area contributed by atoms with Crippen LogP contribution in [0.25, 0.3) is 0 Å². The Labute approximate surface area is 63.4 Å². The molecule has 0 aliphatic carbocycles. The first-order chi connectivity index (χ1) is 4.74. The van der Waals surface area contributed by atoms with Crippen molar-refractivity contribution in [2.24, 2.45) is 0 Å². The molecule has 1 aliphatic heterocycles. The summed E-state index contributed by atoms with van der Waals surface area (Å²) in [6.45, 7) is 7.73. The average molecular weight is 142 g/mol. The third kappa shape index (κ3) is 2.27. The highest BCUT2D eigenvalue weighted by Crippen LogP contribution is 2.12. The smallest absolute Gasteiger partial charge is 0.0349 e. The summed E-state index contributed by atoms with van der Waals surface area (Å²) in [5, 5.41) is 6.82. The van der Waals surface area contributed by atoms with E-state index >= 15 is 0 Å². The minimum atomic E-state index is 0.625. The molecule has 0 aromatic heterocycles. The minimum Gasteiger partial charge on any atom is -0.313 e. The summed E-state index contributed by atoms with van der Waals surface area (Å²) in [7, 11) is 0. The van der Waals surface area contributed by atoms with Gasteiger partial charge < -0.3 is 10.6 Å². The van der Waals surface area contributed by atoms with Gasteiger partial charge in [-0.25, -0.2) is 0 Å². The predicted octanol–water partition coefficient (Wildman–Crippen LogP) is 0.735. The zero-order chi connectivity index (χ0) is 7.56. The fraction of sp³-hybridized carbons (Fsp3) is 1.00. The van der Waals surface area contributed by atoms with Crippen molar-refractivity contribution < 1.29 is 0 Å².